The van der Waals surface area contributed by atoms with Gasteiger partial charge in [0, 0.05) is 0 Å². The number of hydrogen-bond donors (Lipinski definition) is 1. The van der Waals surface area contributed by atoms with Gasteiger partial charge in [-0.3, -0.25) is 0 Å². The molecule has 0 aliphatic heterocycles. The van der Waals surface area contributed by atoms with Crippen LogP contribution in [0.15, 0.2) is 0 Å². The Morgan fingerprint density at radius 3 is 1.57 bits per heavy atom. The molecule has 0 aromatic rings. The Bertz CT molecular complexity index is 302. The van der Waals surface area contributed by atoms with E-state index in [1.807, 2.05) is 0 Å². The molecule has 136 valence electrons. The van der Waals surface area contributed by atoms with Crippen molar-refractivity contribution >= 4 is 11.9 Å². The van der Waals surface area contributed by atoms with Crippen molar-refractivity contribution in [1.82, 2.24) is 0 Å². The Morgan fingerprint density at radius 2 is 1.17 bits per heavy atom. The zero-order chi connectivity index (χ0) is 17.3. The lowest BCUT2D eigenvalue weighted by atomic mass is 10.0. The van der Waals surface area contributed by atoms with E-state index in [4.69, 9.17) is 9.84 Å². The number of unbranched alkanes of at least 4 members (excludes halogenated alkanes) is 12. The molecule has 0 spiro atoms. The molecule has 0 rings (SSSR count). The van der Waals surface area contributed by atoms with Gasteiger partial charge in [0.25, 0.3) is 0 Å². The van der Waals surface area contributed by atoms with Crippen LogP contribution in [-0.2, 0) is 14.3 Å². The Kier molecular flexibility index (Phi) is 15.1. The molecule has 0 saturated carbocycles. The number of ether oxygens (including phenoxy) is 1. The average molecular weight is 328 g/mol. The van der Waals surface area contributed by atoms with Crippen LogP contribution in [0.4, 0.5) is 0 Å². The van der Waals surface area contributed by atoms with Crippen LogP contribution in [0.5, 0.6) is 0 Å². The van der Waals surface area contributed by atoms with E-state index in [1.165, 1.54) is 70.6 Å². The normalized spacial score (nSPS) is 12.1. The lowest BCUT2D eigenvalue weighted by Gasteiger charge is -2.11. The molecule has 0 aliphatic carbocycles. The fourth-order valence-electron chi connectivity index (χ4n) is 2.74. The summed E-state index contributed by atoms with van der Waals surface area (Å²) in [7, 11) is 0. The van der Waals surface area contributed by atoms with Crippen molar-refractivity contribution in [3.05, 3.63) is 0 Å². The van der Waals surface area contributed by atoms with Gasteiger partial charge in [0.15, 0.2) is 0 Å². The molecular weight excluding hydrogens is 292 g/mol. The van der Waals surface area contributed by atoms with Gasteiger partial charge in [-0.25, -0.2) is 9.59 Å². The molecule has 4 heteroatoms. The van der Waals surface area contributed by atoms with E-state index in [9.17, 15) is 9.59 Å². The Balaban J connectivity index is 3.21. The summed E-state index contributed by atoms with van der Waals surface area (Å²) in [6, 6.07) is 0. The molecule has 1 N–H and O–H groups in total. The molecule has 1 atom stereocenters. The fourth-order valence-corrected chi connectivity index (χ4v) is 2.74. The van der Waals surface area contributed by atoms with E-state index in [0.717, 1.165) is 19.3 Å². The lowest BCUT2D eigenvalue weighted by Crippen LogP contribution is -2.22. The second-order valence-corrected chi connectivity index (χ2v) is 6.55. The third-order valence-corrected chi connectivity index (χ3v) is 4.20. The zero-order valence-corrected chi connectivity index (χ0v) is 15.1. The van der Waals surface area contributed by atoms with Gasteiger partial charge in [0.2, 0.25) is 0 Å². The van der Waals surface area contributed by atoms with Crippen LogP contribution in [-0.4, -0.2) is 23.1 Å². The van der Waals surface area contributed by atoms with Gasteiger partial charge in [-0.15, -0.1) is 0 Å². The van der Waals surface area contributed by atoms with Crippen LogP contribution >= 0.6 is 0 Å². The lowest BCUT2D eigenvalue weighted by molar-refractivity contribution is -0.167. The van der Waals surface area contributed by atoms with Gasteiger partial charge in [-0.1, -0.05) is 84.0 Å². The first-order chi connectivity index (χ1) is 11.1. The minimum Gasteiger partial charge on any atom is -0.473 e. The van der Waals surface area contributed by atoms with Crippen molar-refractivity contribution < 1.29 is 19.4 Å². The van der Waals surface area contributed by atoms with Gasteiger partial charge in [0.1, 0.15) is 0 Å². The molecule has 1 unspecified atom stereocenters. The first-order valence-electron chi connectivity index (χ1n) is 9.51. The summed E-state index contributed by atoms with van der Waals surface area (Å²) >= 11 is 0. The summed E-state index contributed by atoms with van der Waals surface area (Å²) in [5.41, 5.74) is 0. The summed E-state index contributed by atoms with van der Waals surface area (Å²) in [5, 5.41) is 8.44. The first kappa shape index (κ1) is 21.9. The van der Waals surface area contributed by atoms with Crippen molar-refractivity contribution in [2.75, 3.05) is 0 Å². The van der Waals surface area contributed by atoms with Crippen molar-refractivity contribution in [3.63, 3.8) is 0 Å². The summed E-state index contributed by atoms with van der Waals surface area (Å²) < 4.78 is 4.78. The van der Waals surface area contributed by atoms with E-state index >= 15 is 0 Å². The topological polar surface area (TPSA) is 63.6 Å². The van der Waals surface area contributed by atoms with Gasteiger partial charge in [-0.2, -0.15) is 0 Å². The van der Waals surface area contributed by atoms with Gasteiger partial charge < -0.3 is 9.84 Å². The highest BCUT2D eigenvalue weighted by Gasteiger charge is 2.16. The van der Waals surface area contributed by atoms with E-state index in [-0.39, 0.29) is 6.10 Å². The summed E-state index contributed by atoms with van der Waals surface area (Å²) in [6.07, 6.45) is 17.4. The molecular formula is C19H36O4. The predicted molar refractivity (Wildman–Crippen MR) is 93.5 cm³/mol. The third-order valence-electron chi connectivity index (χ3n) is 4.20. The minimum absolute atomic E-state index is 0.300. The third kappa shape index (κ3) is 15.6. The highest BCUT2D eigenvalue weighted by molar-refractivity contribution is 6.28. The van der Waals surface area contributed by atoms with E-state index in [1.54, 1.807) is 6.92 Å². The molecule has 0 heterocycles. The van der Waals surface area contributed by atoms with E-state index in [2.05, 4.69) is 6.92 Å². The zero-order valence-electron chi connectivity index (χ0n) is 15.1. The average Bonchev–Trinajstić information content (AvgIpc) is 2.51. The molecule has 4 nitrogen and oxygen atoms in total. The van der Waals surface area contributed by atoms with Crippen molar-refractivity contribution in [3.8, 4) is 0 Å². The number of aliphatic carboxylic acids is 1. The monoisotopic (exact) mass is 328 g/mol. The maximum atomic E-state index is 10.9. The molecule has 0 fully saturated rings. The number of esters is 1. The minimum atomic E-state index is -1.51. The highest BCUT2D eigenvalue weighted by Crippen LogP contribution is 2.13. The van der Waals surface area contributed by atoms with Gasteiger partial charge in [-0.05, 0) is 19.8 Å². The fraction of sp³-hybridized carbons (Fsp3) is 0.895. The Morgan fingerprint density at radius 1 is 0.783 bits per heavy atom. The molecule has 0 saturated heterocycles. The van der Waals surface area contributed by atoms with Crippen LogP contribution in [0.25, 0.3) is 0 Å². The number of carboxylic acid groups (broad SMARTS) is 1. The molecule has 0 aromatic heterocycles. The van der Waals surface area contributed by atoms with Gasteiger partial charge in [0.05, 0.1) is 6.10 Å². The summed E-state index contributed by atoms with van der Waals surface area (Å²) in [5.74, 6) is -2.66. The maximum absolute atomic E-state index is 10.9. The largest absolute Gasteiger partial charge is 0.473 e. The first-order valence-corrected chi connectivity index (χ1v) is 9.51. The van der Waals surface area contributed by atoms with Crippen LogP contribution in [0.1, 0.15) is 104 Å². The quantitative estimate of drug-likeness (QED) is 0.245. The van der Waals surface area contributed by atoms with Crippen molar-refractivity contribution in [1.29, 1.82) is 0 Å². The molecule has 0 radical (unpaired) electrons. The predicted octanol–water partition coefficient (Wildman–Crippen LogP) is 5.48. The standard InChI is InChI=1S/C19H36O4/c1-3-4-5-6-7-8-9-10-11-12-13-14-15-16-17(2)23-19(22)18(20)21/h17H,3-16H2,1-2H3,(H,20,21). The second-order valence-electron chi connectivity index (χ2n) is 6.55. The summed E-state index contributed by atoms with van der Waals surface area (Å²) in [4.78, 5) is 21.2. The van der Waals surface area contributed by atoms with E-state index in [0.29, 0.717) is 0 Å². The number of hydrogen-bond acceptors (Lipinski definition) is 3. The van der Waals surface area contributed by atoms with E-state index < -0.39 is 11.9 Å². The Labute approximate surface area is 142 Å². The van der Waals surface area contributed by atoms with Crippen LogP contribution < -0.4 is 0 Å². The number of carboxylic acids is 1. The van der Waals surface area contributed by atoms with Crippen molar-refractivity contribution in [2.45, 2.75) is 110 Å². The van der Waals surface area contributed by atoms with Crippen molar-refractivity contribution in [2.24, 2.45) is 0 Å². The Hall–Kier alpha value is -1.06. The highest BCUT2D eigenvalue weighted by atomic mass is 16.6. The molecule has 23 heavy (non-hydrogen) atoms. The smallest absolute Gasteiger partial charge is 0.417 e. The van der Waals surface area contributed by atoms with Gasteiger partial charge >= 0.3 is 11.9 Å². The number of rotatable bonds is 15. The maximum Gasteiger partial charge on any atom is 0.417 e. The summed E-state index contributed by atoms with van der Waals surface area (Å²) in [6.45, 7) is 4.00. The second kappa shape index (κ2) is 15.8. The molecule has 0 amide bonds. The van der Waals surface area contributed by atoms with Crippen LogP contribution in [0, 0.1) is 0 Å². The van der Waals surface area contributed by atoms with Crippen LogP contribution in [0.3, 0.4) is 0 Å². The molecule has 0 bridgehead atoms. The molecule has 0 aromatic carbocycles. The number of carbonyl (C=O) groups excluding carboxylic acids is 1. The van der Waals surface area contributed by atoms with Crippen LogP contribution in [0.2, 0.25) is 0 Å². The molecule has 0 aliphatic rings. The number of carbonyl (C=O) groups is 2. The SMILES string of the molecule is CCCCCCCCCCCCCCCC(C)OC(=O)C(=O)O.